The molecular formula is C18H24N4O3. The summed E-state index contributed by atoms with van der Waals surface area (Å²) in [7, 11) is 3.46. The van der Waals surface area contributed by atoms with Crippen LogP contribution in [0.3, 0.4) is 0 Å². The van der Waals surface area contributed by atoms with Gasteiger partial charge in [0, 0.05) is 32.5 Å². The lowest BCUT2D eigenvalue weighted by Crippen LogP contribution is -2.46. The number of rotatable bonds is 5. The SMILES string of the molecule is COc1ccccc1NC(=O)CN1CCC(O)(c2nccn2C)CC1. The number of para-hydroxylation sites is 2. The summed E-state index contributed by atoms with van der Waals surface area (Å²) in [6, 6.07) is 7.33. The fourth-order valence-corrected chi connectivity index (χ4v) is 3.26. The average molecular weight is 344 g/mol. The first-order chi connectivity index (χ1) is 12.0. The van der Waals surface area contributed by atoms with Crippen molar-refractivity contribution in [2.45, 2.75) is 18.4 Å². The van der Waals surface area contributed by atoms with Crippen molar-refractivity contribution in [2.75, 3.05) is 32.1 Å². The second kappa shape index (κ2) is 7.25. The van der Waals surface area contributed by atoms with Gasteiger partial charge in [-0.1, -0.05) is 12.1 Å². The molecule has 1 aliphatic rings. The number of carbonyl (C=O) groups excluding carboxylic acids is 1. The van der Waals surface area contributed by atoms with Gasteiger partial charge in [0.25, 0.3) is 0 Å². The number of aliphatic hydroxyl groups is 1. The molecule has 0 spiro atoms. The number of ether oxygens (including phenoxy) is 1. The number of anilines is 1. The zero-order valence-corrected chi connectivity index (χ0v) is 14.6. The van der Waals surface area contributed by atoms with Crippen LogP contribution in [0.4, 0.5) is 5.69 Å². The third kappa shape index (κ3) is 3.83. The van der Waals surface area contributed by atoms with Crippen molar-refractivity contribution in [1.82, 2.24) is 14.5 Å². The van der Waals surface area contributed by atoms with Crippen LogP contribution in [0.25, 0.3) is 0 Å². The number of aryl methyl sites for hydroxylation is 1. The first kappa shape index (κ1) is 17.4. The summed E-state index contributed by atoms with van der Waals surface area (Å²) in [5.41, 5.74) is -0.259. The highest BCUT2D eigenvalue weighted by Gasteiger charge is 2.37. The fourth-order valence-electron chi connectivity index (χ4n) is 3.26. The van der Waals surface area contributed by atoms with Gasteiger partial charge in [-0.2, -0.15) is 0 Å². The summed E-state index contributed by atoms with van der Waals surface area (Å²) in [6.45, 7) is 1.57. The highest BCUT2D eigenvalue weighted by atomic mass is 16.5. The molecule has 2 N–H and O–H groups in total. The van der Waals surface area contributed by atoms with Gasteiger partial charge < -0.3 is 19.7 Å². The largest absolute Gasteiger partial charge is 0.495 e. The Bertz CT molecular complexity index is 735. The Morgan fingerprint density at radius 1 is 1.36 bits per heavy atom. The van der Waals surface area contributed by atoms with Crippen LogP contribution in [0, 0.1) is 0 Å². The number of imidazole rings is 1. The van der Waals surface area contributed by atoms with Crippen molar-refractivity contribution in [1.29, 1.82) is 0 Å². The Balaban J connectivity index is 1.55. The molecule has 0 radical (unpaired) electrons. The Labute approximate surface area is 147 Å². The number of aromatic nitrogens is 2. The van der Waals surface area contributed by atoms with Gasteiger partial charge in [0.05, 0.1) is 19.3 Å². The van der Waals surface area contributed by atoms with Crippen molar-refractivity contribution < 1.29 is 14.6 Å². The maximum absolute atomic E-state index is 12.3. The lowest BCUT2D eigenvalue weighted by Gasteiger charge is -2.37. The minimum Gasteiger partial charge on any atom is -0.495 e. The molecule has 1 aliphatic heterocycles. The molecule has 25 heavy (non-hydrogen) atoms. The number of amides is 1. The maximum atomic E-state index is 12.3. The molecular weight excluding hydrogens is 320 g/mol. The van der Waals surface area contributed by atoms with Crippen molar-refractivity contribution >= 4 is 11.6 Å². The predicted octanol–water partition coefficient (Wildman–Crippen LogP) is 1.35. The van der Waals surface area contributed by atoms with E-state index in [0.29, 0.717) is 43.2 Å². The molecule has 0 unspecified atom stereocenters. The summed E-state index contributed by atoms with van der Waals surface area (Å²) < 4.78 is 7.10. The Morgan fingerprint density at radius 2 is 2.08 bits per heavy atom. The van der Waals surface area contributed by atoms with Gasteiger partial charge in [0.2, 0.25) is 5.91 Å². The lowest BCUT2D eigenvalue weighted by atomic mass is 9.90. The predicted molar refractivity (Wildman–Crippen MR) is 94.4 cm³/mol. The molecule has 7 heteroatoms. The van der Waals surface area contributed by atoms with E-state index in [0.717, 1.165) is 0 Å². The highest BCUT2D eigenvalue weighted by molar-refractivity contribution is 5.93. The quantitative estimate of drug-likeness (QED) is 0.856. The molecule has 0 saturated carbocycles. The molecule has 0 bridgehead atoms. The summed E-state index contributed by atoms with van der Waals surface area (Å²) in [5, 5.41) is 13.7. The fraction of sp³-hybridized carbons (Fsp3) is 0.444. The van der Waals surface area contributed by atoms with E-state index in [2.05, 4.69) is 10.3 Å². The van der Waals surface area contributed by atoms with E-state index >= 15 is 0 Å². The highest BCUT2D eigenvalue weighted by Crippen LogP contribution is 2.31. The molecule has 3 rings (SSSR count). The molecule has 1 aromatic heterocycles. The van der Waals surface area contributed by atoms with Crippen molar-refractivity contribution in [3.05, 3.63) is 42.5 Å². The van der Waals surface area contributed by atoms with E-state index in [4.69, 9.17) is 4.74 Å². The third-order valence-electron chi connectivity index (χ3n) is 4.67. The topological polar surface area (TPSA) is 79.6 Å². The monoisotopic (exact) mass is 344 g/mol. The van der Waals surface area contributed by atoms with E-state index in [1.165, 1.54) is 0 Å². The van der Waals surface area contributed by atoms with Gasteiger partial charge in [-0.05, 0) is 25.0 Å². The lowest BCUT2D eigenvalue weighted by molar-refractivity contribution is -0.118. The van der Waals surface area contributed by atoms with E-state index in [1.54, 1.807) is 13.3 Å². The Morgan fingerprint density at radius 3 is 2.72 bits per heavy atom. The van der Waals surface area contributed by atoms with Crippen LogP contribution in [0.1, 0.15) is 18.7 Å². The van der Waals surface area contributed by atoms with Gasteiger partial charge in [0.1, 0.15) is 17.2 Å². The third-order valence-corrected chi connectivity index (χ3v) is 4.67. The number of nitrogens with one attached hydrogen (secondary N) is 1. The summed E-state index contributed by atoms with van der Waals surface area (Å²) >= 11 is 0. The van der Waals surface area contributed by atoms with Crippen LogP contribution in [-0.2, 0) is 17.4 Å². The molecule has 1 saturated heterocycles. The number of methoxy groups -OCH3 is 1. The number of piperidine rings is 1. The molecule has 2 aromatic rings. The average Bonchev–Trinajstić information content (AvgIpc) is 3.04. The molecule has 0 atom stereocenters. The van der Waals surface area contributed by atoms with Crippen molar-refractivity contribution in [2.24, 2.45) is 7.05 Å². The standard InChI is InChI=1S/C18H24N4O3/c1-21-12-9-19-17(21)18(24)7-10-22(11-8-18)13-16(23)20-14-5-3-4-6-15(14)25-2/h3-6,9,12,24H,7-8,10-11,13H2,1-2H3,(H,20,23). The van der Waals surface area contributed by atoms with Crippen LogP contribution < -0.4 is 10.1 Å². The van der Waals surface area contributed by atoms with Gasteiger partial charge in [-0.25, -0.2) is 4.98 Å². The van der Waals surface area contributed by atoms with Crippen LogP contribution >= 0.6 is 0 Å². The minimum absolute atomic E-state index is 0.0908. The molecule has 1 fully saturated rings. The summed E-state index contributed by atoms with van der Waals surface area (Å²) in [6.07, 6.45) is 4.64. The minimum atomic E-state index is -0.923. The van der Waals surface area contributed by atoms with Crippen molar-refractivity contribution in [3.63, 3.8) is 0 Å². The first-order valence-electron chi connectivity index (χ1n) is 8.37. The molecule has 1 aromatic carbocycles. The number of hydrogen-bond donors (Lipinski definition) is 2. The summed E-state index contributed by atoms with van der Waals surface area (Å²) in [4.78, 5) is 18.6. The molecule has 7 nitrogen and oxygen atoms in total. The van der Waals surface area contributed by atoms with E-state index in [1.807, 2.05) is 47.0 Å². The van der Waals surface area contributed by atoms with Crippen LogP contribution in [0.5, 0.6) is 5.75 Å². The number of nitrogens with zero attached hydrogens (tertiary/aromatic N) is 3. The Kier molecular flexibility index (Phi) is 5.06. The van der Waals surface area contributed by atoms with Crippen LogP contribution in [-0.4, -0.2) is 52.2 Å². The molecule has 2 heterocycles. The zero-order chi connectivity index (χ0) is 17.9. The van der Waals surface area contributed by atoms with E-state index < -0.39 is 5.60 Å². The van der Waals surface area contributed by atoms with Gasteiger partial charge in [-0.3, -0.25) is 9.69 Å². The van der Waals surface area contributed by atoms with Crippen LogP contribution in [0.2, 0.25) is 0 Å². The maximum Gasteiger partial charge on any atom is 0.238 e. The number of hydrogen-bond acceptors (Lipinski definition) is 5. The van der Waals surface area contributed by atoms with Crippen LogP contribution in [0.15, 0.2) is 36.7 Å². The number of benzene rings is 1. The van der Waals surface area contributed by atoms with E-state index in [-0.39, 0.29) is 12.5 Å². The van der Waals surface area contributed by atoms with Gasteiger partial charge in [-0.15, -0.1) is 0 Å². The van der Waals surface area contributed by atoms with Gasteiger partial charge in [0.15, 0.2) is 0 Å². The second-order valence-electron chi connectivity index (χ2n) is 6.42. The van der Waals surface area contributed by atoms with Gasteiger partial charge >= 0.3 is 0 Å². The number of carbonyl (C=O) groups is 1. The molecule has 134 valence electrons. The smallest absolute Gasteiger partial charge is 0.238 e. The normalized spacial score (nSPS) is 17.2. The molecule has 0 aliphatic carbocycles. The van der Waals surface area contributed by atoms with Crippen molar-refractivity contribution in [3.8, 4) is 5.75 Å². The second-order valence-corrected chi connectivity index (χ2v) is 6.42. The number of likely N-dealkylation sites (tertiary alicyclic amines) is 1. The molecule has 1 amide bonds. The zero-order valence-electron chi connectivity index (χ0n) is 14.6. The van der Waals surface area contributed by atoms with E-state index in [9.17, 15) is 9.90 Å². The Hall–Kier alpha value is -2.38. The summed E-state index contributed by atoms with van der Waals surface area (Å²) in [5.74, 6) is 1.23. The first-order valence-corrected chi connectivity index (χ1v) is 8.37.